The van der Waals surface area contributed by atoms with E-state index in [4.69, 9.17) is 11.6 Å². The van der Waals surface area contributed by atoms with Crippen molar-refractivity contribution in [3.8, 4) is 0 Å². The van der Waals surface area contributed by atoms with E-state index in [9.17, 15) is 12.6 Å². The highest BCUT2D eigenvalue weighted by atomic mass is 35.5. The summed E-state index contributed by atoms with van der Waals surface area (Å²) in [6, 6.07) is 7.24. The Morgan fingerprint density at radius 1 is 1.42 bits per heavy atom. The number of benzene rings is 1. The van der Waals surface area contributed by atoms with Crippen molar-refractivity contribution in [3.05, 3.63) is 34.9 Å². The van der Waals surface area contributed by atoms with Gasteiger partial charge in [0.05, 0.1) is 11.0 Å². The molecule has 2 atom stereocenters. The standard InChI is InChI=1S/C12H18ClNO3S2/c1-10(11-5-3-6-12(13)9-11)18(15)7-4-8-19(16,17)14-2/h3,5-6,9-10,14H,4,7-8H2,1-2H3/t10-,18+/m1/s1. The second-order valence-corrected chi connectivity index (χ2v) is 8.52. The van der Waals surface area contributed by atoms with Gasteiger partial charge in [-0.15, -0.1) is 0 Å². The van der Waals surface area contributed by atoms with Crippen LogP contribution < -0.4 is 4.72 Å². The minimum absolute atomic E-state index is 0.00247. The lowest BCUT2D eigenvalue weighted by Gasteiger charge is -2.12. The molecule has 0 spiro atoms. The lowest BCUT2D eigenvalue weighted by Crippen LogP contribution is -2.23. The molecule has 4 nitrogen and oxygen atoms in total. The predicted octanol–water partition coefficient (Wildman–Crippen LogP) is 2.09. The Labute approximate surface area is 122 Å². The summed E-state index contributed by atoms with van der Waals surface area (Å²) in [6.07, 6.45) is 0.376. The Balaban J connectivity index is 2.54. The van der Waals surface area contributed by atoms with E-state index < -0.39 is 20.8 Å². The molecule has 1 N–H and O–H groups in total. The number of hydrogen-bond donors (Lipinski definition) is 1. The van der Waals surface area contributed by atoms with E-state index in [1.54, 1.807) is 12.1 Å². The summed E-state index contributed by atoms with van der Waals surface area (Å²) in [4.78, 5) is 0. The number of sulfonamides is 1. The van der Waals surface area contributed by atoms with Gasteiger partial charge in [-0.3, -0.25) is 4.21 Å². The zero-order valence-electron chi connectivity index (χ0n) is 10.9. The average Bonchev–Trinajstić information content (AvgIpc) is 2.37. The zero-order chi connectivity index (χ0) is 14.5. The fourth-order valence-electron chi connectivity index (χ4n) is 1.58. The summed E-state index contributed by atoms with van der Waals surface area (Å²) >= 11 is 5.89. The molecule has 0 radical (unpaired) electrons. The molecule has 1 aromatic carbocycles. The number of rotatable bonds is 7. The molecule has 108 valence electrons. The second kappa shape index (κ2) is 7.38. The summed E-state index contributed by atoms with van der Waals surface area (Å²) in [7, 11) is -2.95. The molecule has 0 amide bonds. The first-order valence-electron chi connectivity index (χ1n) is 5.89. The normalized spacial score (nSPS) is 15.1. The number of nitrogens with one attached hydrogen (secondary N) is 1. The van der Waals surface area contributed by atoms with E-state index in [0.29, 0.717) is 17.2 Å². The number of hydrogen-bond acceptors (Lipinski definition) is 3. The lowest BCUT2D eigenvalue weighted by molar-refractivity contribution is 0.587. The zero-order valence-corrected chi connectivity index (χ0v) is 13.3. The van der Waals surface area contributed by atoms with Crippen LogP contribution in [-0.4, -0.2) is 31.2 Å². The minimum Gasteiger partial charge on any atom is -0.259 e. The van der Waals surface area contributed by atoms with Gasteiger partial charge in [0.25, 0.3) is 0 Å². The first kappa shape index (κ1) is 16.6. The maximum absolute atomic E-state index is 12.1. The monoisotopic (exact) mass is 323 g/mol. The molecule has 0 aliphatic rings. The van der Waals surface area contributed by atoms with Crippen LogP contribution in [0.2, 0.25) is 5.02 Å². The first-order valence-corrected chi connectivity index (χ1v) is 9.31. The van der Waals surface area contributed by atoms with Crippen LogP contribution in [0.15, 0.2) is 24.3 Å². The largest absolute Gasteiger partial charge is 0.259 e. The highest BCUT2D eigenvalue weighted by Crippen LogP contribution is 2.22. The van der Waals surface area contributed by atoms with Crippen molar-refractivity contribution >= 4 is 32.4 Å². The van der Waals surface area contributed by atoms with Crippen LogP contribution >= 0.6 is 11.6 Å². The van der Waals surface area contributed by atoms with Crippen LogP contribution in [0.4, 0.5) is 0 Å². The van der Waals surface area contributed by atoms with Gasteiger partial charge in [-0.2, -0.15) is 0 Å². The van der Waals surface area contributed by atoms with Gasteiger partial charge in [0.1, 0.15) is 0 Å². The molecule has 0 heterocycles. The van der Waals surface area contributed by atoms with E-state index >= 15 is 0 Å². The SMILES string of the molecule is CNS(=O)(=O)CCC[S@](=O)[C@H](C)c1cccc(Cl)c1. The fraction of sp³-hybridized carbons (Fsp3) is 0.500. The third kappa shape index (κ3) is 5.60. The molecule has 0 fully saturated rings. The van der Waals surface area contributed by atoms with Crippen LogP contribution in [0.3, 0.4) is 0 Å². The highest BCUT2D eigenvalue weighted by Gasteiger charge is 2.15. The van der Waals surface area contributed by atoms with Crippen molar-refractivity contribution in [2.24, 2.45) is 0 Å². The summed E-state index contributed by atoms with van der Waals surface area (Å²) in [5.74, 6) is 0.353. The van der Waals surface area contributed by atoms with E-state index in [-0.39, 0.29) is 11.0 Å². The van der Waals surface area contributed by atoms with Crippen molar-refractivity contribution < 1.29 is 12.6 Å². The third-order valence-electron chi connectivity index (χ3n) is 2.78. The van der Waals surface area contributed by atoms with Crippen molar-refractivity contribution in [3.63, 3.8) is 0 Å². The fourth-order valence-corrected chi connectivity index (χ4v) is 3.92. The Kier molecular flexibility index (Phi) is 6.46. The van der Waals surface area contributed by atoms with Gasteiger partial charge in [0.2, 0.25) is 10.0 Å². The molecule has 0 aliphatic carbocycles. The molecular formula is C12H18ClNO3S2. The van der Waals surface area contributed by atoms with Crippen molar-refractivity contribution in [1.29, 1.82) is 0 Å². The van der Waals surface area contributed by atoms with Crippen molar-refractivity contribution in [2.75, 3.05) is 18.6 Å². The Hall–Kier alpha value is -0.430. The van der Waals surface area contributed by atoms with Crippen LogP contribution in [0.25, 0.3) is 0 Å². The predicted molar refractivity (Wildman–Crippen MR) is 80.3 cm³/mol. The number of halogens is 1. The molecule has 1 aromatic rings. The molecule has 1 rings (SSSR count). The topological polar surface area (TPSA) is 63.2 Å². The van der Waals surface area contributed by atoms with Gasteiger partial charge >= 0.3 is 0 Å². The molecule has 0 aliphatic heterocycles. The molecule has 0 aromatic heterocycles. The maximum Gasteiger partial charge on any atom is 0.211 e. The quantitative estimate of drug-likeness (QED) is 0.835. The second-order valence-electron chi connectivity index (χ2n) is 4.16. The van der Waals surface area contributed by atoms with Gasteiger partial charge in [-0.25, -0.2) is 13.1 Å². The van der Waals surface area contributed by atoms with Gasteiger partial charge in [0, 0.05) is 21.6 Å². The molecule has 19 heavy (non-hydrogen) atoms. The van der Waals surface area contributed by atoms with E-state index in [2.05, 4.69) is 4.72 Å². The summed E-state index contributed by atoms with van der Waals surface area (Å²) < 4.78 is 36.8. The van der Waals surface area contributed by atoms with E-state index in [1.807, 2.05) is 19.1 Å². The van der Waals surface area contributed by atoms with Crippen LogP contribution in [0, 0.1) is 0 Å². The van der Waals surface area contributed by atoms with Crippen LogP contribution in [0.5, 0.6) is 0 Å². The van der Waals surface area contributed by atoms with Gasteiger partial charge < -0.3 is 0 Å². The van der Waals surface area contributed by atoms with Crippen molar-refractivity contribution in [1.82, 2.24) is 4.72 Å². The van der Waals surface area contributed by atoms with Crippen molar-refractivity contribution in [2.45, 2.75) is 18.6 Å². The molecule has 0 bridgehead atoms. The highest BCUT2D eigenvalue weighted by molar-refractivity contribution is 7.89. The third-order valence-corrected chi connectivity index (χ3v) is 6.22. The Morgan fingerprint density at radius 2 is 2.11 bits per heavy atom. The summed E-state index contributed by atoms with van der Waals surface area (Å²) in [5, 5.41) is 0.454. The van der Waals surface area contributed by atoms with E-state index in [1.165, 1.54) is 7.05 Å². The minimum atomic E-state index is -3.22. The molecule has 7 heteroatoms. The molecular weight excluding hydrogens is 306 g/mol. The maximum atomic E-state index is 12.1. The lowest BCUT2D eigenvalue weighted by atomic mass is 10.2. The molecule has 0 unspecified atom stereocenters. The molecule has 0 saturated carbocycles. The van der Waals surface area contributed by atoms with Gasteiger partial charge in [-0.05, 0) is 38.1 Å². The van der Waals surface area contributed by atoms with Gasteiger partial charge in [-0.1, -0.05) is 23.7 Å². The van der Waals surface area contributed by atoms with Crippen LogP contribution in [0.1, 0.15) is 24.2 Å². The van der Waals surface area contributed by atoms with E-state index in [0.717, 1.165) is 5.56 Å². The first-order chi connectivity index (χ1) is 8.85. The molecule has 0 saturated heterocycles. The smallest absolute Gasteiger partial charge is 0.211 e. The van der Waals surface area contributed by atoms with Crippen LogP contribution in [-0.2, 0) is 20.8 Å². The average molecular weight is 324 g/mol. The summed E-state index contributed by atoms with van der Waals surface area (Å²) in [5.41, 5.74) is 0.905. The summed E-state index contributed by atoms with van der Waals surface area (Å²) in [6.45, 7) is 1.86. The van der Waals surface area contributed by atoms with Gasteiger partial charge in [0.15, 0.2) is 0 Å². The Bertz CT molecular complexity index is 546. The Morgan fingerprint density at radius 3 is 2.68 bits per heavy atom.